The van der Waals surface area contributed by atoms with Crippen LogP contribution in [0.25, 0.3) is 0 Å². The standard InChI is InChI=1S/C12H21N5O2/c1-9(2)19-12-15-10(13)14-11(16-12)18-8-7-17-5-3-4-6-17/h9H,3-8H2,1-2H3,(H2,13,14,15,16). The predicted molar refractivity (Wildman–Crippen MR) is 71.2 cm³/mol. The summed E-state index contributed by atoms with van der Waals surface area (Å²) in [5.41, 5.74) is 5.60. The van der Waals surface area contributed by atoms with Crippen molar-refractivity contribution in [3.8, 4) is 12.0 Å². The van der Waals surface area contributed by atoms with Crippen LogP contribution in [0.1, 0.15) is 26.7 Å². The van der Waals surface area contributed by atoms with Crippen LogP contribution in [0, 0.1) is 0 Å². The summed E-state index contributed by atoms with van der Waals surface area (Å²) < 4.78 is 10.9. The fraction of sp³-hybridized carbons (Fsp3) is 0.750. The first kappa shape index (κ1) is 13.8. The molecule has 1 fully saturated rings. The Kier molecular flexibility index (Phi) is 4.73. The van der Waals surface area contributed by atoms with E-state index in [0.717, 1.165) is 19.6 Å². The Balaban J connectivity index is 1.86. The van der Waals surface area contributed by atoms with Crippen LogP contribution in [0.15, 0.2) is 0 Å². The van der Waals surface area contributed by atoms with Crippen LogP contribution in [0.3, 0.4) is 0 Å². The molecule has 2 rings (SSSR count). The number of aromatic nitrogens is 3. The van der Waals surface area contributed by atoms with E-state index in [1.165, 1.54) is 12.8 Å². The van der Waals surface area contributed by atoms with Gasteiger partial charge in [0.2, 0.25) is 5.95 Å². The summed E-state index contributed by atoms with van der Waals surface area (Å²) in [6.07, 6.45) is 2.52. The monoisotopic (exact) mass is 267 g/mol. The van der Waals surface area contributed by atoms with E-state index in [4.69, 9.17) is 15.2 Å². The Morgan fingerprint density at radius 1 is 1.16 bits per heavy atom. The minimum absolute atomic E-state index is 0.0146. The van der Waals surface area contributed by atoms with Crippen LogP contribution in [0.2, 0.25) is 0 Å². The van der Waals surface area contributed by atoms with Gasteiger partial charge in [0.15, 0.2) is 0 Å². The number of nitrogens with two attached hydrogens (primary N) is 1. The minimum atomic E-state index is -0.0146. The molecule has 0 spiro atoms. The summed E-state index contributed by atoms with van der Waals surface area (Å²) in [5.74, 6) is 0.113. The lowest BCUT2D eigenvalue weighted by molar-refractivity contribution is 0.203. The van der Waals surface area contributed by atoms with Gasteiger partial charge >= 0.3 is 12.0 Å². The first-order valence-corrected chi connectivity index (χ1v) is 6.67. The van der Waals surface area contributed by atoms with E-state index in [-0.39, 0.29) is 24.1 Å². The zero-order valence-electron chi connectivity index (χ0n) is 11.5. The fourth-order valence-corrected chi connectivity index (χ4v) is 1.95. The van der Waals surface area contributed by atoms with Gasteiger partial charge in [-0.15, -0.1) is 4.98 Å². The van der Waals surface area contributed by atoms with Crippen molar-refractivity contribution in [3.05, 3.63) is 0 Å². The number of rotatable bonds is 6. The average Bonchev–Trinajstić information content (AvgIpc) is 2.80. The van der Waals surface area contributed by atoms with Gasteiger partial charge < -0.3 is 15.2 Å². The molecule has 0 aromatic carbocycles. The average molecular weight is 267 g/mol. The molecular formula is C12H21N5O2. The Hall–Kier alpha value is -1.63. The predicted octanol–water partition coefficient (Wildman–Crippen LogP) is 0.716. The maximum atomic E-state index is 5.60. The van der Waals surface area contributed by atoms with E-state index in [9.17, 15) is 0 Å². The smallest absolute Gasteiger partial charge is 0.324 e. The lowest BCUT2D eigenvalue weighted by Gasteiger charge is -2.14. The molecule has 7 nitrogen and oxygen atoms in total. The first-order chi connectivity index (χ1) is 9.13. The molecule has 7 heteroatoms. The van der Waals surface area contributed by atoms with Crippen molar-refractivity contribution < 1.29 is 9.47 Å². The summed E-state index contributed by atoms with van der Waals surface area (Å²) in [5, 5.41) is 0. The van der Waals surface area contributed by atoms with E-state index >= 15 is 0 Å². The van der Waals surface area contributed by atoms with Crippen molar-refractivity contribution in [2.45, 2.75) is 32.8 Å². The third-order valence-electron chi connectivity index (χ3n) is 2.79. The number of ether oxygens (including phenoxy) is 2. The summed E-state index contributed by atoms with van der Waals surface area (Å²) in [4.78, 5) is 14.3. The van der Waals surface area contributed by atoms with E-state index < -0.39 is 0 Å². The zero-order valence-corrected chi connectivity index (χ0v) is 11.5. The van der Waals surface area contributed by atoms with Gasteiger partial charge in [0.05, 0.1) is 6.10 Å². The highest BCUT2D eigenvalue weighted by atomic mass is 16.5. The molecule has 0 amide bonds. The highest BCUT2D eigenvalue weighted by Crippen LogP contribution is 2.12. The molecule has 2 N–H and O–H groups in total. The van der Waals surface area contributed by atoms with Gasteiger partial charge in [-0.1, -0.05) is 0 Å². The fourth-order valence-electron chi connectivity index (χ4n) is 1.95. The third kappa shape index (κ3) is 4.51. The zero-order chi connectivity index (χ0) is 13.7. The van der Waals surface area contributed by atoms with Gasteiger partial charge in [0.25, 0.3) is 0 Å². The molecule has 1 aliphatic heterocycles. The highest BCUT2D eigenvalue weighted by molar-refractivity contribution is 5.20. The van der Waals surface area contributed by atoms with Gasteiger partial charge in [-0.3, -0.25) is 4.90 Å². The second-order valence-corrected chi connectivity index (χ2v) is 4.82. The minimum Gasteiger partial charge on any atom is -0.462 e. The second kappa shape index (κ2) is 6.51. The third-order valence-corrected chi connectivity index (χ3v) is 2.79. The molecule has 106 valence electrons. The van der Waals surface area contributed by atoms with Crippen molar-refractivity contribution >= 4 is 5.95 Å². The molecule has 2 heterocycles. The Bertz CT molecular complexity index is 407. The van der Waals surface area contributed by atoms with E-state index in [1.807, 2.05) is 13.8 Å². The van der Waals surface area contributed by atoms with Gasteiger partial charge in [-0.2, -0.15) is 9.97 Å². The van der Waals surface area contributed by atoms with Gasteiger partial charge in [0.1, 0.15) is 6.61 Å². The van der Waals surface area contributed by atoms with Crippen molar-refractivity contribution in [2.24, 2.45) is 0 Å². The molecule has 1 saturated heterocycles. The lowest BCUT2D eigenvalue weighted by Crippen LogP contribution is -2.25. The van der Waals surface area contributed by atoms with Crippen LogP contribution in [-0.2, 0) is 0 Å². The molecule has 1 aromatic heterocycles. The summed E-state index contributed by atoms with van der Waals surface area (Å²) >= 11 is 0. The Morgan fingerprint density at radius 2 is 1.84 bits per heavy atom. The maximum absolute atomic E-state index is 5.60. The van der Waals surface area contributed by atoms with Crippen LogP contribution >= 0.6 is 0 Å². The second-order valence-electron chi connectivity index (χ2n) is 4.82. The topological polar surface area (TPSA) is 86.4 Å². The van der Waals surface area contributed by atoms with E-state index in [2.05, 4.69) is 19.9 Å². The number of nitrogens with zero attached hydrogens (tertiary/aromatic N) is 4. The molecule has 0 atom stereocenters. The van der Waals surface area contributed by atoms with Crippen molar-refractivity contribution in [1.29, 1.82) is 0 Å². The first-order valence-electron chi connectivity index (χ1n) is 6.67. The SMILES string of the molecule is CC(C)Oc1nc(N)nc(OCCN2CCCC2)n1. The number of anilines is 1. The number of nitrogen functional groups attached to an aromatic ring is 1. The Labute approximate surface area is 113 Å². The van der Waals surface area contributed by atoms with Crippen LogP contribution in [0.4, 0.5) is 5.95 Å². The number of likely N-dealkylation sites (tertiary alicyclic amines) is 1. The molecule has 19 heavy (non-hydrogen) atoms. The van der Waals surface area contributed by atoms with Crippen molar-refractivity contribution in [2.75, 3.05) is 32.0 Å². The quantitative estimate of drug-likeness (QED) is 0.812. The number of hydrogen-bond acceptors (Lipinski definition) is 7. The summed E-state index contributed by atoms with van der Waals surface area (Å²) in [6, 6.07) is 0.431. The molecule has 1 aliphatic rings. The van der Waals surface area contributed by atoms with Crippen molar-refractivity contribution in [1.82, 2.24) is 19.9 Å². The molecule has 0 saturated carbocycles. The summed E-state index contributed by atoms with van der Waals surface area (Å²) in [7, 11) is 0. The molecule has 0 aliphatic carbocycles. The van der Waals surface area contributed by atoms with Gasteiger partial charge in [-0.05, 0) is 39.8 Å². The van der Waals surface area contributed by atoms with E-state index in [1.54, 1.807) is 0 Å². The van der Waals surface area contributed by atoms with Gasteiger partial charge in [-0.25, -0.2) is 0 Å². The van der Waals surface area contributed by atoms with Gasteiger partial charge in [0, 0.05) is 6.54 Å². The largest absolute Gasteiger partial charge is 0.462 e. The van der Waals surface area contributed by atoms with E-state index in [0.29, 0.717) is 6.61 Å². The molecule has 0 radical (unpaired) electrons. The normalized spacial score (nSPS) is 15.9. The van der Waals surface area contributed by atoms with Crippen LogP contribution in [0.5, 0.6) is 12.0 Å². The molecular weight excluding hydrogens is 246 g/mol. The maximum Gasteiger partial charge on any atom is 0.324 e. The molecule has 1 aromatic rings. The Morgan fingerprint density at radius 3 is 2.53 bits per heavy atom. The number of hydrogen-bond donors (Lipinski definition) is 1. The summed E-state index contributed by atoms with van der Waals surface area (Å²) in [6.45, 7) is 7.51. The molecule has 0 unspecified atom stereocenters. The van der Waals surface area contributed by atoms with Crippen LogP contribution in [-0.4, -0.2) is 52.2 Å². The lowest BCUT2D eigenvalue weighted by atomic mass is 10.4. The highest BCUT2D eigenvalue weighted by Gasteiger charge is 2.12. The van der Waals surface area contributed by atoms with Crippen LogP contribution < -0.4 is 15.2 Å². The van der Waals surface area contributed by atoms with Crippen molar-refractivity contribution in [3.63, 3.8) is 0 Å². The molecule has 0 bridgehead atoms.